The van der Waals surface area contributed by atoms with E-state index >= 15 is 0 Å². The van der Waals surface area contributed by atoms with Gasteiger partial charge in [-0.25, -0.2) is 8.42 Å². The van der Waals surface area contributed by atoms with Crippen LogP contribution in [0.15, 0.2) is 18.2 Å². The van der Waals surface area contributed by atoms with Crippen LogP contribution in [0.25, 0.3) is 0 Å². The molecule has 1 heterocycles. The van der Waals surface area contributed by atoms with Crippen LogP contribution in [0.5, 0.6) is 0 Å². The van der Waals surface area contributed by atoms with Crippen LogP contribution in [0, 0.1) is 6.92 Å². The molecule has 0 aliphatic carbocycles. The molecule has 1 fully saturated rings. The molecule has 0 atom stereocenters. The van der Waals surface area contributed by atoms with Crippen molar-refractivity contribution in [1.82, 2.24) is 0 Å². The van der Waals surface area contributed by atoms with Crippen LogP contribution < -0.4 is 4.90 Å². The lowest BCUT2D eigenvalue weighted by molar-refractivity contribution is 0.576. The fraction of sp³-hybridized carbons (Fsp3) is 0.538. The maximum Gasteiger partial charge on any atom is 0.236 e. The molecule has 100 valence electrons. The van der Waals surface area contributed by atoms with E-state index in [4.69, 9.17) is 10.7 Å². The highest BCUT2D eigenvalue weighted by atomic mass is 35.7. The monoisotopic (exact) mass is 287 g/mol. The zero-order chi connectivity index (χ0) is 13.2. The Morgan fingerprint density at radius 1 is 1.22 bits per heavy atom. The second-order valence-corrected chi connectivity index (χ2v) is 7.64. The molecule has 1 aromatic carbocycles. The van der Waals surface area contributed by atoms with Gasteiger partial charge in [-0.05, 0) is 37.8 Å². The lowest BCUT2D eigenvalue weighted by atomic mass is 10.1. The number of anilines is 1. The van der Waals surface area contributed by atoms with Gasteiger partial charge < -0.3 is 4.90 Å². The summed E-state index contributed by atoms with van der Waals surface area (Å²) >= 11 is 0. The minimum absolute atomic E-state index is 0.0952. The van der Waals surface area contributed by atoms with Gasteiger partial charge in [-0.15, -0.1) is 0 Å². The van der Waals surface area contributed by atoms with Crippen molar-refractivity contribution < 1.29 is 8.42 Å². The number of nitrogens with zero attached hydrogens (tertiary/aromatic N) is 1. The van der Waals surface area contributed by atoms with Crippen molar-refractivity contribution in [2.24, 2.45) is 0 Å². The van der Waals surface area contributed by atoms with E-state index in [-0.39, 0.29) is 5.75 Å². The first-order valence-electron chi connectivity index (χ1n) is 6.22. The molecule has 0 spiro atoms. The Balaban J connectivity index is 2.33. The normalized spacial score (nSPS) is 16.9. The molecule has 3 nitrogen and oxygen atoms in total. The summed E-state index contributed by atoms with van der Waals surface area (Å²) in [6.45, 7) is 3.96. The summed E-state index contributed by atoms with van der Waals surface area (Å²) in [6, 6.07) is 5.95. The largest absolute Gasteiger partial charge is 0.371 e. The fourth-order valence-corrected chi connectivity index (χ4v) is 3.41. The number of benzene rings is 1. The van der Waals surface area contributed by atoms with Gasteiger partial charge in [0.1, 0.15) is 0 Å². The standard InChI is InChI=1S/C13H18ClNO2S/c1-11-5-6-13(15-7-3-2-4-8-15)12(9-11)10-18(14,16)17/h5-6,9H,2-4,7-8,10H2,1H3. The van der Waals surface area contributed by atoms with Gasteiger partial charge in [-0.1, -0.05) is 17.7 Å². The highest BCUT2D eigenvalue weighted by Gasteiger charge is 2.17. The molecule has 1 aromatic rings. The molecule has 0 bridgehead atoms. The fourth-order valence-electron chi connectivity index (χ4n) is 2.46. The molecule has 0 N–H and O–H groups in total. The highest BCUT2D eigenvalue weighted by molar-refractivity contribution is 8.13. The van der Waals surface area contributed by atoms with E-state index in [2.05, 4.69) is 4.90 Å². The van der Waals surface area contributed by atoms with Crippen molar-refractivity contribution in [3.05, 3.63) is 29.3 Å². The summed E-state index contributed by atoms with van der Waals surface area (Å²) in [7, 11) is 1.88. The quantitative estimate of drug-likeness (QED) is 0.802. The molecule has 0 unspecified atom stereocenters. The first kappa shape index (κ1) is 13.7. The lowest BCUT2D eigenvalue weighted by Gasteiger charge is -2.30. The van der Waals surface area contributed by atoms with Gasteiger partial charge in [-0.2, -0.15) is 0 Å². The van der Waals surface area contributed by atoms with Crippen molar-refractivity contribution in [3.63, 3.8) is 0 Å². The van der Waals surface area contributed by atoms with E-state index in [0.717, 1.165) is 29.9 Å². The van der Waals surface area contributed by atoms with Crippen LogP contribution in [0.4, 0.5) is 5.69 Å². The molecule has 1 saturated heterocycles. The van der Waals surface area contributed by atoms with E-state index in [9.17, 15) is 8.42 Å². The van der Waals surface area contributed by atoms with Crippen LogP contribution in [-0.4, -0.2) is 21.5 Å². The minimum atomic E-state index is -3.51. The lowest BCUT2D eigenvalue weighted by Crippen LogP contribution is -2.30. The molecule has 0 radical (unpaired) electrons. The molecule has 5 heteroatoms. The van der Waals surface area contributed by atoms with E-state index in [1.54, 1.807) is 0 Å². The molecule has 1 aliphatic heterocycles. The molecule has 0 amide bonds. The predicted octanol–water partition coefficient (Wildman–Crippen LogP) is 3.05. The van der Waals surface area contributed by atoms with Gasteiger partial charge in [0.15, 0.2) is 0 Å². The predicted molar refractivity (Wildman–Crippen MR) is 75.7 cm³/mol. The third kappa shape index (κ3) is 3.62. The average molecular weight is 288 g/mol. The Hall–Kier alpha value is -0.740. The Kier molecular flexibility index (Phi) is 4.17. The zero-order valence-corrected chi connectivity index (χ0v) is 12.1. The molecular weight excluding hydrogens is 270 g/mol. The van der Waals surface area contributed by atoms with Crippen molar-refractivity contribution in [3.8, 4) is 0 Å². The van der Waals surface area contributed by atoms with Gasteiger partial charge in [0, 0.05) is 29.5 Å². The van der Waals surface area contributed by atoms with Gasteiger partial charge in [0.2, 0.25) is 9.05 Å². The van der Waals surface area contributed by atoms with Crippen molar-refractivity contribution >= 4 is 25.4 Å². The summed E-state index contributed by atoms with van der Waals surface area (Å²) in [5, 5.41) is 0. The van der Waals surface area contributed by atoms with E-state index in [1.165, 1.54) is 19.3 Å². The Bertz CT molecular complexity index is 522. The van der Waals surface area contributed by atoms with E-state index in [1.807, 2.05) is 25.1 Å². The minimum Gasteiger partial charge on any atom is -0.371 e. The smallest absolute Gasteiger partial charge is 0.236 e. The van der Waals surface area contributed by atoms with Gasteiger partial charge >= 0.3 is 0 Å². The number of hydrogen-bond acceptors (Lipinski definition) is 3. The molecule has 2 rings (SSSR count). The first-order valence-corrected chi connectivity index (χ1v) is 8.70. The number of rotatable bonds is 3. The van der Waals surface area contributed by atoms with Crippen molar-refractivity contribution in [2.45, 2.75) is 31.9 Å². The maximum absolute atomic E-state index is 11.3. The van der Waals surface area contributed by atoms with Crippen molar-refractivity contribution in [1.29, 1.82) is 0 Å². The Morgan fingerprint density at radius 3 is 2.50 bits per heavy atom. The summed E-state index contributed by atoms with van der Waals surface area (Å²) < 4.78 is 22.6. The maximum atomic E-state index is 11.3. The second-order valence-electron chi connectivity index (χ2n) is 4.86. The van der Waals surface area contributed by atoms with Gasteiger partial charge in [0.05, 0.1) is 5.75 Å². The summed E-state index contributed by atoms with van der Waals surface area (Å²) in [6.07, 6.45) is 3.59. The van der Waals surface area contributed by atoms with Crippen LogP contribution in [0.3, 0.4) is 0 Å². The van der Waals surface area contributed by atoms with Crippen LogP contribution >= 0.6 is 10.7 Å². The average Bonchev–Trinajstić information content (AvgIpc) is 2.28. The summed E-state index contributed by atoms with van der Waals surface area (Å²) in [4.78, 5) is 2.26. The first-order chi connectivity index (χ1) is 8.46. The van der Waals surface area contributed by atoms with Crippen LogP contribution in [0.2, 0.25) is 0 Å². The van der Waals surface area contributed by atoms with E-state index in [0.29, 0.717) is 0 Å². The number of piperidine rings is 1. The number of halogens is 1. The third-order valence-corrected chi connectivity index (χ3v) is 4.24. The SMILES string of the molecule is Cc1ccc(N2CCCCC2)c(CS(=O)(=O)Cl)c1. The summed E-state index contributed by atoms with van der Waals surface area (Å²) in [5.74, 6) is -0.0952. The second kappa shape index (κ2) is 5.49. The molecule has 18 heavy (non-hydrogen) atoms. The molecule has 0 saturated carbocycles. The van der Waals surface area contributed by atoms with Gasteiger partial charge in [-0.3, -0.25) is 0 Å². The van der Waals surface area contributed by atoms with Crippen LogP contribution in [-0.2, 0) is 14.8 Å². The molecular formula is C13H18ClNO2S. The third-order valence-electron chi connectivity index (χ3n) is 3.26. The highest BCUT2D eigenvalue weighted by Crippen LogP contribution is 2.27. The Labute approximate surface area is 113 Å². The van der Waals surface area contributed by atoms with Gasteiger partial charge in [0.25, 0.3) is 0 Å². The topological polar surface area (TPSA) is 37.4 Å². The van der Waals surface area contributed by atoms with Crippen LogP contribution in [0.1, 0.15) is 30.4 Å². The number of aryl methyl sites for hydroxylation is 1. The summed E-state index contributed by atoms with van der Waals surface area (Å²) in [5.41, 5.74) is 2.89. The zero-order valence-electron chi connectivity index (χ0n) is 10.5. The van der Waals surface area contributed by atoms with Crippen molar-refractivity contribution in [2.75, 3.05) is 18.0 Å². The number of hydrogen-bond donors (Lipinski definition) is 0. The molecule has 1 aliphatic rings. The van der Waals surface area contributed by atoms with E-state index < -0.39 is 9.05 Å². The molecule has 0 aromatic heterocycles. The Morgan fingerprint density at radius 2 is 1.89 bits per heavy atom.